The lowest BCUT2D eigenvalue weighted by Gasteiger charge is -2.24. The highest BCUT2D eigenvalue weighted by atomic mass is 16.2. The molecule has 1 amide bonds. The number of carbonyl (C=O) groups excluding carboxylic acids is 1. The largest absolute Gasteiger partial charge is 0.349 e. The molecule has 1 atom stereocenters. The Bertz CT molecular complexity index is 698. The molecule has 0 saturated carbocycles. The van der Waals surface area contributed by atoms with E-state index in [1.165, 1.54) is 0 Å². The lowest BCUT2D eigenvalue weighted by atomic mass is 10.1. The first-order valence-corrected chi connectivity index (χ1v) is 7.99. The molecule has 0 aliphatic carbocycles. The highest BCUT2D eigenvalue weighted by Crippen LogP contribution is 2.33. The molecule has 0 spiro atoms. The van der Waals surface area contributed by atoms with Crippen molar-refractivity contribution in [2.45, 2.75) is 46.2 Å². The quantitative estimate of drug-likeness (QED) is 0.875. The molecular weight excluding hydrogens is 276 g/mol. The van der Waals surface area contributed by atoms with Crippen LogP contribution in [0.3, 0.4) is 0 Å². The number of likely N-dealkylation sites (tertiary alicyclic amines) is 1. The summed E-state index contributed by atoms with van der Waals surface area (Å²) in [6.45, 7) is 7.95. The molecule has 0 N–H and O–H groups in total. The van der Waals surface area contributed by atoms with Crippen molar-refractivity contribution in [3.05, 3.63) is 41.0 Å². The average Bonchev–Trinajstić information content (AvgIpc) is 3.17. The number of hydrogen-bond donors (Lipinski definition) is 0. The van der Waals surface area contributed by atoms with Gasteiger partial charge in [0, 0.05) is 43.3 Å². The van der Waals surface area contributed by atoms with Crippen LogP contribution in [0.4, 0.5) is 0 Å². The summed E-state index contributed by atoms with van der Waals surface area (Å²) in [5.41, 5.74) is 4.20. The first-order valence-electron chi connectivity index (χ1n) is 7.99. The van der Waals surface area contributed by atoms with Crippen LogP contribution in [0.1, 0.15) is 53.1 Å². The van der Waals surface area contributed by atoms with E-state index in [0.717, 1.165) is 48.4 Å². The van der Waals surface area contributed by atoms with Crippen molar-refractivity contribution in [2.75, 3.05) is 6.54 Å². The molecule has 1 aliphatic rings. The zero-order chi connectivity index (χ0) is 15.9. The lowest BCUT2D eigenvalue weighted by molar-refractivity contribution is 0.0734. The number of hydrogen-bond acceptors (Lipinski definition) is 2. The van der Waals surface area contributed by atoms with E-state index in [-0.39, 0.29) is 11.9 Å². The summed E-state index contributed by atoms with van der Waals surface area (Å²) in [6.07, 6.45) is 5.97. The molecule has 0 bridgehead atoms. The third kappa shape index (κ3) is 2.34. The summed E-state index contributed by atoms with van der Waals surface area (Å²) in [6, 6.07) is 2.19. The van der Waals surface area contributed by atoms with Crippen LogP contribution in [0.2, 0.25) is 0 Å². The molecule has 1 unspecified atom stereocenters. The number of amides is 1. The first-order chi connectivity index (χ1) is 10.5. The zero-order valence-corrected chi connectivity index (χ0v) is 13.8. The van der Waals surface area contributed by atoms with Crippen molar-refractivity contribution in [1.29, 1.82) is 0 Å². The minimum atomic E-state index is 0.152. The van der Waals surface area contributed by atoms with Crippen LogP contribution in [0.25, 0.3) is 0 Å². The molecule has 0 radical (unpaired) electrons. The molecule has 3 rings (SSSR count). The van der Waals surface area contributed by atoms with Crippen molar-refractivity contribution < 1.29 is 4.79 Å². The van der Waals surface area contributed by atoms with Gasteiger partial charge in [0.2, 0.25) is 0 Å². The molecular formula is C17H24N4O. The van der Waals surface area contributed by atoms with Gasteiger partial charge in [-0.2, -0.15) is 5.10 Å². The summed E-state index contributed by atoms with van der Waals surface area (Å²) in [4.78, 5) is 15.0. The standard InChI is InChI=1S/C17H24N4O/c1-5-20-12(2)9-15(13(20)3)17(22)21-8-6-7-16(21)14-10-18-19(4)11-14/h9-11,16H,5-8H2,1-4H3. The van der Waals surface area contributed by atoms with E-state index in [1.54, 1.807) is 4.68 Å². The predicted octanol–water partition coefficient (Wildman–Crippen LogP) is 2.84. The molecule has 2 aromatic rings. The Kier molecular flexibility index (Phi) is 3.81. The van der Waals surface area contributed by atoms with Crippen LogP contribution in [0.15, 0.2) is 18.5 Å². The van der Waals surface area contributed by atoms with Gasteiger partial charge in [0.15, 0.2) is 0 Å². The highest BCUT2D eigenvalue weighted by Gasteiger charge is 2.32. The van der Waals surface area contributed by atoms with Gasteiger partial charge in [0.25, 0.3) is 5.91 Å². The van der Waals surface area contributed by atoms with Crippen molar-refractivity contribution in [2.24, 2.45) is 7.05 Å². The topological polar surface area (TPSA) is 43.1 Å². The maximum Gasteiger partial charge on any atom is 0.256 e. The van der Waals surface area contributed by atoms with Crippen LogP contribution in [-0.2, 0) is 13.6 Å². The molecule has 0 aromatic carbocycles. The van der Waals surface area contributed by atoms with Crippen molar-refractivity contribution >= 4 is 5.91 Å². The molecule has 1 fully saturated rings. The van der Waals surface area contributed by atoms with Gasteiger partial charge in [-0.05, 0) is 39.7 Å². The summed E-state index contributed by atoms with van der Waals surface area (Å²) < 4.78 is 4.00. The molecule has 3 heterocycles. The van der Waals surface area contributed by atoms with Gasteiger partial charge < -0.3 is 9.47 Å². The number of aromatic nitrogens is 3. The minimum Gasteiger partial charge on any atom is -0.349 e. The lowest BCUT2D eigenvalue weighted by Crippen LogP contribution is -2.30. The van der Waals surface area contributed by atoms with E-state index in [4.69, 9.17) is 0 Å². The molecule has 5 nitrogen and oxygen atoms in total. The normalized spacial score (nSPS) is 18.2. The first kappa shape index (κ1) is 14.9. The minimum absolute atomic E-state index is 0.152. The van der Waals surface area contributed by atoms with Gasteiger partial charge in [-0.1, -0.05) is 0 Å². The number of aryl methyl sites for hydroxylation is 2. The predicted molar refractivity (Wildman–Crippen MR) is 85.8 cm³/mol. The summed E-state index contributed by atoms with van der Waals surface area (Å²) >= 11 is 0. The fraction of sp³-hybridized carbons (Fsp3) is 0.529. The monoisotopic (exact) mass is 300 g/mol. The fourth-order valence-corrected chi connectivity index (χ4v) is 3.63. The Morgan fingerprint density at radius 3 is 2.77 bits per heavy atom. The van der Waals surface area contributed by atoms with E-state index in [2.05, 4.69) is 23.5 Å². The Balaban J connectivity index is 1.91. The molecule has 2 aromatic heterocycles. The van der Waals surface area contributed by atoms with Crippen molar-refractivity contribution in [3.8, 4) is 0 Å². The molecule has 118 valence electrons. The van der Waals surface area contributed by atoms with Gasteiger partial charge in [-0.15, -0.1) is 0 Å². The number of rotatable bonds is 3. The average molecular weight is 300 g/mol. The van der Waals surface area contributed by atoms with E-state index < -0.39 is 0 Å². The van der Waals surface area contributed by atoms with Gasteiger partial charge in [0.05, 0.1) is 17.8 Å². The van der Waals surface area contributed by atoms with Crippen LogP contribution in [0.5, 0.6) is 0 Å². The van der Waals surface area contributed by atoms with E-state index in [0.29, 0.717) is 0 Å². The Hall–Kier alpha value is -2.04. The zero-order valence-electron chi connectivity index (χ0n) is 13.8. The van der Waals surface area contributed by atoms with Gasteiger partial charge in [-0.3, -0.25) is 9.48 Å². The smallest absolute Gasteiger partial charge is 0.256 e. The summed E-state index contributed by atoms with van der Waals surface area (Å²) in [5.74, 6) is 0.152. The summed E-state index contributed by atoms with van der Waals surface area (Å²) in [5, 5.41) is 4.25. The van der Waals surface area contributed by atoms with Crippen molar-refractivity contribution in [3.63, 3.8) is 0 Å². The maximum absolute atomic E-state index is 13.0. The molecule has 5 heteroatoms. The summed E-state index contributed by atoms with van der Waals surface area (Å²) in [7, 11) is 1.92. The van der Waals surface area contributed by atoms with Crippen LogP contribution in [-0.4, -0.2) is 31.7 Å². The Morgan fingerprint density at radius 2 is 2.18 bits per heavy atom. The Morgan fingerprint density at radius 1 is 1.41 bits per heavy atom. The third-order valence-corrected chi connectivity index (χ3v) is 4.74. The SMILES string of the molecule is CCn1c(C)cc(C(=O)N2CCCC2c2cnn(C)c2)c1C. The van der Waals surface area contributed by atoms with E-state index in [9.17, 15) is 4.79 Å². The maximum atomic E-state index is 13.0. The van der Waals surface area contributed by atoms with Gasteiger partial charge >= 0.3 is 0 Å². The van der Waals surface area contributed by atoms with E-state index >= 15 is 0 Å². The second-order valence-electron chi connectivity index (χ2n) is 6.13. The molecule has 1 aliphatic heterocycles. The number of nitrogens with zero attached hydrogens (tertiary/aromatic N) is 4. The highest BCUT2D eigenvalue weighted by molar-refractivity contribution is 5.96. The van der Waals surface area contributed by atoms with E-state index in [1.807, 2.05) is 37.3 Å². The Labute approximate surface area is 131 Å². The van der Waals surface area contributed by atoms with Gasteiger partial charge in [0.1, 0.15) is 0 Å². The van der Waals surface area contributed by atoms with Crippen LogP contribution >= 0.6 is 0 Å². The third-order valence-electron chi connectivity index (χ3n) is 4.74. The number of carbonyl (C=O) groups is 1. The van der Waals surface area contributed by atoms with Gasteiger partial charge in [-0.25, -0.2) is 0 Å². The second kappa shape index (κ2) is 5.63. The van der Waals surface area contributed by atoms with Crippen LogP contribution < -0.4 is 0 Å². The second-order valence-corrected chi connectivity index (χ2v) is 6.13. The molecule has 1 saturated heterocycles. The molecule has 22 heavy (non-hydrogen) atoms. The van der Waals surface area contributed by atoms with Crippen molar-refractivity contribution in [1.82, 2.24) is 19.2 Å². The fourth-order valence-electron chi connectivity index (χ4n) is 3.63. The van der Waals surface area contributed by atoms with Crippen LogP contribution in [0, 0.1) is 13.8 Å².